The van der Waals surface area contributed by atoms with Crippen molar-refractivity contribution in [1.82, 2.24) is 5.32 Å². The summed E-state index contributed by atoms with van der Waals surface area (Å²) in [5.41, 5.74) is 0.220. The maximum atomic E-state index is 13.6. The van der Waals surface area contributed by atoms with Crippen molar-refractivity contribution in [3.63, 3.8) is 0 Å². The van der Waals surface area contributed by atoms with Crippen molar-refractivity contribution in [2.45, 2.75) is 59.0 Å². The molecule has 1 amide bonds. The molecule has 6 atom stereocenters. The van der Waals surface area contributed by atoms with Crippen LogP contribution in [0.4, 0.5) is 0 Å². The second kappa shape index (κ2) is 5.29. The number of hydrogen-bond acceptors (Lipinski definition) is 3. The summed E-state index contributed by atoms with van der Waals surface area (Å²) in [7, 11) is 1.78. The number of ether oxygens (including phenoxy) is 1. The van der Waals surface area contributed by atoms with Crippen LogP contribution in [0, 0.1) is 28.1 Å². The van der Waals surface area contributed by atoms with Gasteiger partial charge in [0.25, 0.3) is 0 Å². The molecule has 0 radical (unpaired) electrons. The molecule has 0 aromatic carbocycles. The minimum atomic E-state index is -0.452. The first-order valence-electron chi connectivity index (χ1n) is 9.52. The van der Waals surface area contributed by atoms with Crippen molar-refractivity contribution >= 4 is 11.7 Å². The van der Waals surface area contributed by atoms with Crippen LogP contribution in [0.2, 0.25) is 0 Å². The third-order valence-electron chi connectivity index (χ3n) is 8.37. The lowest BCUT2D eigenvalue weighted by Crippen LogP contribution is -2.61. The molecule has 25 heavy (non-hydrogen) atoms. The smallest absolute Gasteiger partial charge is 0.247 e. The summed E-state index contributed by atoms with van der Waals surface area (Å²) in [6, 6.07) is 0. The van der Waals surface area contributed by atoms with E-state index in [0.29, 0.717) is 24.0 Å². The number of allylic oxidation sites excluding steroid dienone is 2. The maximum absolute atomic E-state index is 13.6. The molecule has 3 saturated carbocycles. The van der Waals surface area contributed by atoms with Crippen LogP contribution in [-0.4, -0.2) is 24.9 Å². The van der Waals surface area contributed by atoms with E-state index in [2.05, 4.69) is 32.2 Å². The van der Waals surface area contributed by atoms with Crippen LogP contribution in [0.3, 0.4) is 0 Å². The van der Waals surface area contributed by atoms with Crippen molar-refractivity contribution in [3.05, 3.63) is 23.9 Å². The van der Waals surface area contributed by atoms with E-state index in [-0.39, 0.29) is 17.4 Å². The highest BCUT2D eigenvalue weighted by Crippen LogP contribution is 2.68. The molecule has 1 heterocycles. The summed E-state index contributed by atoms with van der Waals surface area (Å²) >= 11 is 0. The lowest BCUT2D eigenvalue weighted by atomic mass is 9.41. The summed E-state index contributed by atoms with van der Waals surface area (Å²) in [6.45, 7) is 6.58. The standard InChI is InChI=1S/C21H29NO3/c1-19-12-16(23)21(3)15(14(19)7-8-17(19)25-4)6-5-13-11-18(24)22-10-9-20(13,21)2/h9-11,14-15,17H,5-8,12H2,1-4H3,(H,22,24)/t14-,15?,17?,19?,20?,21+/m0/s1. The highest BCUT2D eigenvalue weighted by atomic mass is 16.5. The number of amides is 1. The van der Waals surface area contributed by atoms with Gasteiger partial charge in [0.15, 0.2) is 0 Å². The van der Waals surface area contributed by atoms with Gasteiger partial charge in [0, 0.05) is 42.1 Å². The molecule has 0 saturated heterocycles. The molecule has 3 aliphatic carbocycles. The summed E-state index contributed by atoms with van der Waals surface area (Å²) in [5.74, 6) is 1.12. The Morgan fingerprint density at radius 1 is 1.12 bits per heavy atom. The lowest BCUT2D eigenvalue weighted by Gasteiger charge is -2.61. The minimum absolute atomic E-state index is 0.0455. The average molecular weight is 343 g/mol. The molecular formula is C21H29NO3. The van der Waals surface area contributed by atoms with Crippen LogP contribution in [0.25, 0.3) is 0 Å². The molecule has 0 bridgehead atoms. The van der Waals surface area contributed by atoms with Gasteiger partial charge in [0.1, 0.15) is 5.78 Å². The second-order valence-corrected chi connectivity index (χ2v) is 9.08. The van der Waals surface area contributed by atoms with E-state index in [9.17, 15) is 9.59 Å². The molecule has 1 aliphatic heterocycles. The number of methoxy groups -OCH3 is 1. The molecule has 4 nitrogen and oxygen atoms in total. The normalized spacial score (nSPS) is 48.8. The summed E-state index contributed by atoms with van der Waals surface area (Å²) in [6.07, 6.45) is 10.4. The number of hydrogen-bond donors (Lipinski definition) is 1. The van der Waals surface area contributed by atoms with Gasteiger partial charge < -0.3 is 10.1 Å². The van der Waals surface area contributed by atoms with Crippen LogP contribution in [0.1, 0.15) is 52.9 Å². The Balaban J connectivity index is 1.83. The summed E-state index contributed by atoms with van der Waals surface area (Å²) < 4.78 is 5.78. The third-order valence-corrected chi connectivity index (χ3v) is 8.37. The van der Waals surface area contributed by atoms with E-state index >= 15 is 0 Å². The Morgan fingerprint density at radius 3 is 2.60 bits per heavy atom. The average Bonchev–Trinajstić information content (AvgIpc) is 2.79. The van der Waals surface area contributed by atoms with Gasteiger partial charge in [-0.3, -0.25) is 9.59 Å². The van der Waals surface area contributed by atoms with Gasteiger partial charge in [0.05, 0.1) is 6.10 Å². The first-order valence-corrected chi connectivity index (χ1v) is 9.52. The fraction of sp³-hybridized carbons (Fsp3) is 0.714. The Labute approximate surface area is 150 Å². The number of carbonyl (C=O) groups is 2. The van der Waals surface area contributed by atoms with Crippen molar-refractivity contribution in [1.29, 1.82) is 0 Å². The molecular weight excluding hydrogens is 314 g/mol. The highest BCUT2D eigenvalue weighted by molar-refractivity contribution is 5.92. The largest absolute Gasteiger partial charge is 0.381 e. The maximum Gasteiger partial charge on any atom is 0.247 e. The van der Waals surface area contributed by atoms with Gasteiger partial charge in [-0.15, -0.1) is 0 Å². The Kier molecular flexibility index (Phi) is 3.60. The van der Waals surface area contributed by atoms with Gasteiger partial charge in [-0.1, -0.05) is 32.4 Å². The Morgan fingerprint density at radius 2 is 1.88 bits per heavy atom. The zero-order chi connectivity index (χ0) is 18.0. The van der Waals surface area contributed by atoms with E-state index in [1.165, 1.54) is 0 Å². The fourth-order valence-corrected chi connectivity index (χ4v) is 6.72. The van der Waals surface area contributed by atoms with E-state index in [4.69, 9.17) is 4.74 Å². The van der Waals surface area contributed by atoms with Crippen LogP contribution in [0.15, 0.2) is 23.9 Å². The van der Waals surface area contributed by atoms with Gasteiger partial charge in [-0.25, -0.2) is 0 Å². The predicted molar refractivity (Wildman–Crippen MR) is 95.6 cm³/mol. The van der Waals surface area contributed by atoms with Gasteiger partial charge in [-0.2, -0.15) is 0 Å². The number of rotatable bonds is 1. The topological polar surface area (TPSA) is 55.4 Å². The quantitative estimate of drug-likeness (QED) is 0.794. The molecule has 0 spiro atoms. The Bertz CT molecular complexity index is 695. The summed E-state index contributed by atoms with van der Waals surface area (Å²) in [4.78, 5) is 25.6. The zero-order valence-electron chi connectivity index (χ0n) is 15.7. The third kappa shape index (κ3) is 1.98. The van der Waals surface area contributed by atoms with E-state index < -0.39 is 10.8 Å². The van der Waals surface area contributed by atoms with E-state index in [1.807, 2.05) is 0 Å². The highest BCUT2D eigenvalue weighted by Gasteiger charge is 2.67. The number of nitrogens with one attached hydrogen (secondary N) is 1. The number of ketones is 1. The van der Waals surface area contributed by atoms with Gasteiger partial charge in [-0.05, 0) is 37.5 Å². The van der Waals surface area contributed by atoms with Crippen LogP contribution in [-0.2, 0) is 14.3 Å². The van der Waals surface area contributed by atoms with Crippen molar-refractivity contribution < 1.29 is 14.3 Å². The van der Waals surface area contributed by atoms with Gasteiger partial charge >= 0.3 is 0 Å². The molecule has 0 aromatic heterocycles. The molecule has 3 fully saturated rings. The van der Waals surface area contributed by atoms with Crippen LogP contribution in [0.5, 0.6) is 0 Å². The summed E-state index contributed by atoms with van der Waals surface area (Å²) in [5, 5.41) is 2.80. The first kappa shape index (κ1) is 17.0. The first-order chi connectivity index (χ1) is 11.8. The molecule has 4 aliphatic rings. The van der Waals surface area contributed by atoms with Gasteiger partial charge in [0.2, 0.25) is 5.91 Å². The van der Waals surface area contributed by atoms with Crippen LogP contribution >= 0.6 is 0 Å². The number of fused-ring (bicyclic) bond motifs is 5. The fourth-order valence-electron chi connectivity index (χ4n) is 6.72. The molecule has 4 heteroatoms. The monoisotopic (exact) mass is 343 g/mol. The predicted octanol–water partition coefficient (Wildman–Crippen LogP) is 3.38. The van der Waals surface area contributed by atoms with Crippen molar-refractivity contribution in [2.75, 3.05) is 7.11 Å². The molecule has 4 unspecified atom stereocenters. The van der Waals surface area contributed by atoms with E-state index in [1.54, 1.807) is 19.4 Å². The van der Waals surface area contributed by atoms with Crippen molar-refractivity contribution in [2.24, 2.45) is 28.1 Å². The van der Waals surface area contributed by atoms with E-state index in [0.717, 1.165) is 31.3 Å². The van der Waals surface area contributed by atoms with Crippen molar-refractivity contribution in [3.8, 4) is 0 Å². The van der Waals surface area contributed by atoms with Crippen LogP contribution < -0.4 is 5.32 Å². The Hall–Kier alpha value is -1.42. The number of Topliss-reactive ketones (excluding diaryl/α,β-unsaturated/α-hetero) is 1. The molecule has 136 valence electrons. The molecule has 1 N–H and O–H groups in total. The lowest BCUT2D eigenvalue weighted by molar-refractivity contribution is -0.163. The zero-order valence-corrected chi connectivity index (χ0v) is 15.7. The molecule has 4 rings (SSSR count). The number of carbonyl (C=O) groups excluding carboxylic acids is 2. The SMILES string of the molecule is COC1CC[C@H]2C3CCC4=CC(=O)NC=CC4(C)[C@@]3(C)C(=O)CC12C. The minimum Gasteiger partial charge on any atom is -0.381 e. The second-order valence-electron chi connectivity index (χ2n) is 9.08. The molecule has 0 aromatic rings.